The maximum absolute atomic E-state index is 12.8. The fourth-order valence-corrected chi connectivity index (χ4v) is 3.20. The van der Waals surface area contributed by atoms with E-state index in [1.165, 1.54) is 6.07 Å². The van der Waals surface area contributed by atoms with E-state index in [0.29, 0.717) is 21.2 Å². The maximum Gasteiger partial charge on any atom is 0.416 e. The highest BCUT2D eigenvalue weighted by atomic mass is 79.9. The molecule has 12 heteroatoms. The lowest BCUT2D eigenvalue weighted by Gasteiger charge is -2.12. The Hall–Kier alpha value is -2.30. The van der Waals surface area contributed by atoms with Crippen LogP contribution in [-0.2, 0) is 25.3 Å². The summed E-state index contributed by atoms with van der Waals surface area (Å²) in [7, 11) is 0. The number of carbonyl (C=O) groups excluding carboxylic acids is 3. The highest BCUT2D eigenvalue weighted by Crippen LogP contribution is 2.34. The molecule has 0 heterocycles. The van der Waals surface area contributed by atoms with Gasteiger partial charge in [-0.25, -0.2) is 0 Å². The zero-order valence-corrected chi connectivity index (χ0v) is 19.5. The van der Waals surface area contributed by atoms with Gasteiger partial charge in [-0.1, -0.05) is 23.2 Å². The zero-order chi connectivity index (χ0) is 24.1. The van der Waals surface area contributed by atoms with Gasteiger partial charge in [0.05, 0.1) is 27.7 Å². The Bertz CT molecular complexity index is 1050. The molecule has 0 aromatic heterocycles. The van der Waals surface area contributed by atoms with Gasteiger partial charge in [0.25, 0.3) is 5.91 Å². The van der Waals surface area contributed by atoms with Crippen molar-refractivity contribution < 1.29 is 32.3 Å². The van der Waals surface area contributed by atoms with E-state index in [-0.39, 0.29) is 17.1 Å². The molecule has 2 amide bonds. The highest BCUT2D eigenvalue weighted by Gasteiger charge is 2.31. The second-order valence-corrected chi connectivity index (χ2v) is 8.20. The minimum Gasteiger partial charge on any atom is -0.456 e. The molecule has 0 unspecified atom stereocenters. The maximum atomic E-state index is 12.8. The summed E-state index contributed by atoms with van der Waals surface area (Å²) in [6, 6.07) is 5.72. The van der Waals surface area contributed by atoms with Gasteiger partial charge in [0, 0.05) is 16.6 Å². The van der Waals surface area contributed by atoms with Crippen LogP contribution in [0.15, 0.2) is 34.8 Å². The normalized spacial score (nSPS) is 11.1. The minimum absolute atomic E-state index is 0.0889. The number of ether oxygens (including phenoxy) is 1. The number of esters is 1. The SMILES string of the molecule is Cc1cc(Br)c(Cl)cc1NC(=O)COC(=O)CCC(=O)Nc1cc(C(F)(F)F)ccc1Cl. The topological polar surface area (TPSA) is 84.5 Å². The third kappa shape index (κ3) is 7.68. The summed E-state index contributed by atoms with van der Waals surface area (Å²) in [5.74, 6) is -2.19. The lowest BCUT2D eigenvalue weighted by atomic mass is 10.2. The van der Waals surface area contributed by atoms with Crippen LogP contribution < -0.4 is 10.6 Å². The molecule has 2 rings (SSSR count). The number of aryl methyl sites for hydroxylation is 1. The van der Waals surface area contributed by atoms with Crippen molar-refractivity contribution in [2.75, 3.05) is 17.2 Å². The molecule has 32 heavy (non-hydrogen) atoms. The predicted octanol–water partition coefficient (Wildman–Crippen LogP) is 5.98. The Morgan fingerprint density at radius 1 is 0.969 bits per heavy atom. The Morgan fingerprint density at radius 3 is 2.28 bits per heavy atom. The van der Waals surface area contributed by atoms with E-state index in [2.05, 4.69) is 26.6 Å². The van der Waals surface area contributed by atoms with Crippen LogP contribution in [0.1, 0.15) is 24.0 Å². The lowest BCUT2D eigenvalue weighted by Crippen LogP contribution is -2.22. The van der Waals surface area contributed by atoms with Gasteiger partial charge in [0.1, 0.15) is 0 Å². The molecule has 0 saturated carbocycles. The summed E-state index contributed by atoms with van der Waals surface area (Å²) in [4.78, 5) is 35.7. The second-order valence-electron chi connectivity index (χ2n) is 6.53. The van der Waals surface area contributed by atoms with Gasteiger partial charge in [-0.3, -0.25) is 14.4 Å². The van der Waals surface area contributed by atoms with E-state index in [4.69, 9.17) is 27.9 Å². The molecule has 2 aromatic carbocycles. The van der Waals surface area contributed by atoms with Crippen LogP contribution in [0.5, 0.6) is 0 Å². The Labute approximate surface area is 199 Å². The molecule has 2 N–H and O–H groups in total. The zero-order valence-electron chi connectivity index (χ0n) is 16.4. The molecule has 0 bridgehead atoms. The Morgan fingerprint density at radius 2 is 1.62 bits per heavy atom. The largest absolute Gasteiger partial charge is 0.456 e. The van der Waals surface area contributed by atoms with Crippen LogP contribution >= 0.6 is 39.1 Å². The Balaban J connectivity index is 1.81. The number of benzene rings is 2. The molecule has 0 aliphatic rings. The molecule has 0 aliphatic carbocycles. The molecule has 2 aromatic rings. The van der Waals surface area contributed by atoms with Crippen molar-refractivity contribution in [1.82, 2.24) is 0 Å². The van der Waals surface area contributed by atoms with Gasteiger partial charge < -0.3 is 15.4 Å². The number of hydrogen-bond donors (Lipinski definition) is 2. The van der Waals surface area contributed by atoms with E-state index >= 15 is 0 Å². The van der Waals surface area contributed by atoms with E-state index in [1.54, 1.807) is 13.0 Å². The number of halogens is 6. The average Bonchev–Trinajstić information content (AvgIpc) is 2.69. The van der Waals surface area contributed by atoms with Crippen LogP contribution in [-0.4, -0.2) is 24.4 Å². The minimum atomic E-state index is -4.60. The first-order valence-electron chi connectivity index (χ1n) is 8.94. The fraction of sp³-hybridized carbons (Fsp3) is 0.250. The predicted molar refractivity (Wildman–Crippen MR) is 118 cm³/mol. The number of amides is 2. The first kappa shape index (κ1) is 26.0. The van der Waals surface area contributed by atoms with Crippen molar-refractivity contribution in [2.24, 2.45) is 0 Å². The number of carbonyl (C=O) groups is 3. The second kappa shape index (κ2) is 11.0. The average molecular weight is 556 g/mol. The molecule has 0 aliphatic heterocycles. The van der Waals surface area contributed by atoms with Gasteiger partial charge in [0.15, 0.2) is 6.61 Å². The van der Waals surface area contributed by atoms with Gasteiger partial charge in [0.2, 0.25) is 5.91 Å². The molecule has 0 fully saturated rings. The van der Waals surface area contributed by atoms with Gasteiger partial charge in [-0.2, -0.15) is 13.2 Å². The summed E-state index contributed by atoms with van der Waals surface area (Å²) in [5.41, 5.74) is -0.0462. The standard InChI is InChI=1S/C20H16BrCl2F3N2O4/c1-10-6-12(21)14(23)8-15(10)27-18(30)9-32-19(31)5-4-17(29)28-16-7-11(20(24,25)26)2-3-13(16)22/h2-3,6-8H,4-5,9H2,1H3,(H,27,30)(H,28,29). The van der Waals surface area contributed by atoms with Crippen molar-refractivity contribution in [3.05, 3.63) is 56.0 Å². The van der Waals surface area contributed by atoms with E-state index in [0.717, 1.165) is 17.7 Å². The van der Waals surface area contributed by atoms with Crippen molar-refractivity contribution in [3.8, 4) is 0 Å². The summed E-state index contributed by atoms with van der Waals surface area (Å²) in [6.07, 6.45) is -5.37. The molecule has 172 valence electrons. The number of rotatable bonds is 7. The Kier molecular flexibility index (Phi) is 8.94. The van der Waals surface area contributed by atoms with E-state index < -0.39 is 42.6 Å². The quantitative estimate of drug-likeness (QED) is 0.411. The van der Waals surface area contributed by atoms with Gasteiger partial charge in [-0.15, -0.1) is 0 Å². The molecule has 0 atom stereocenters. The third-order valence-electron chi connectivity index (χ3n) is 4.03. The highest BCUT2D eigenvalue weighted by molar-refractivity contribution is 9.10. The molecule has 0 radical (unpaired) electrons. The molecular weight excluding hydrogens is 540 g/mol. The molecular formula is C20H16BrCl2F3N2O4. The van der Waals surface area contributed by atoms with Crippen LogP contribution in [0.4, 0.5) is 24.5 Å². The first-order chi connectivity index (χ1) is 14.9. The monoisotopic (exact) mass is 554 g/mol. The first-order valence-corrected chi connectivity index (χ1v) is 10.5. The number of nitrogens with one attached hydrogen (secondary N) is 2. The van der Waals surface area contributed by atoms with Crippen molar-refractivity contribution in [3.63, 3.8) is 0 Å². The fourth-order valence-electron chi connectivity index (χ4n) is 2.41. The van der Waals surface area contributed by atoms with E-state index in [9.17, 15) is 27.6 Å². The molecule has 0 saturated heterocycles. The van der Waals surface area contributed by atoms with Crippen LogP contribution in [0.3, 0.4) is 0 Å². The summed E-state index contributed by atoms with van der Waals surface area (Å²) in [5, 5.41) is 5.06. The number of alkyl halides is 3. The van der Waals surface area contributed by atoms with Crippen molar-refractivity contribution in [2.45, 2.75) is 25.9 Å². The van der Waals surface area contributed by atoms with Crippen molar-refractivity contribution >= 4 is 68.3 Å². The summed E-state index contributed by atoms with van der Waals surface area (Å²) < 4.78 is 43.8. The van der Waals surface area contributed by atoms with Gasteiger partial charge >= 0.3 is 12.1 Å². The van der Waals surface area contributed by atoms with Gasteiger partial charge in [-0.05, 0) is 58.7 Å². The summed E-state index contributed by atoms with van der Waals surface area (Å²) in [6.45, 7) is 1.16. The summed E-state index contributed by atoms with van der Waals surface area (Å²) >= 11 is 15.0. The third-order valence-corrected chi connectivity index (χ3v) is 5.56. The number of hydrogen-bond acceptors (Lipinski definition) is 4. The van der Waals surface area contributed by atoms with Crippen molar-refractivity contribution in [1.29, 1.82) is 0 Å². The van der Waals surface area contributed by atoms with Crippen LogP contribution in [0.25, 0.3) is 0 Å². The molecule has 6 nitrogen and oxygen atoms in total. The van der Waals surface area contributed by atoms with Crippen LogP contribution in [0, 0.1) is 6.92 Å². The van der Waals surface area contributed by atoms with E-state index in [1.807, 2.05) is 0 Å². The smallest absolute Gasteiger partial charge is 0.416 e. The molecule has 0 spiro atoms. The lowest BCUT2D eigenvalue weighted by molar-refractivity contribution is -0.147. The van der Waals surface area contributed by atoms with Crippen LogP contribution in [0.2, 0.25) is 10.0 Å². The number of anilines is 2.